The molecular weight excluding hydrogens is 372 g/mol. The smallest absolute Gasteiger partial charge is 0.375 e. The molecule has 1 aliphatic rings. The first-order chi connectivity index (χ1) is 13.9. The number of amides is 2. The maximum absolute atomic E-state index is 12.5. The first-order valence-corrected chi connectivity index (χ1v) is 9.55. The summed E-state index contributed by atoms with van der Waals surface area (Å²) in [5.41, 5.74) is 1.29. The Morgan fingerprint density at radius 2 is 1.90 bits per heavy atom. The Balaban J connectivity index is 1.43. The van der Waals surface area contributed by atoms with E-state index in [1.807, 2.05) is 36.4 Å². The summed E-state index contributed by atoms with van der Waals surface area (Å²) >= 11 is 0. The number of rotatable bonds is 6. The fourth-order valence-corrected chi connectivity index (χ4v) is 3.25. The van der Waals surface area contributed by atoms with Gasteiger partial charge in [-0.2, -0.15) is 0 Å². The number of hydrogen-bond acceptors (Lipinski definition) is 5. The number of benzene rings is 2. The summed E-state index contributed by atoms with van der Waals surface area (Å²) in [6, 6.07) is 11.9. The number of carbonyl (C=O) groups is 3. The number of carbonyl (C=O) groups excluding carboxylic acids is 3. The van der Waals surface area contributed by atoms with E-state index in [0.29, 0.717) is 11.1 Å². The van der Waals surface area contributed by atoms with Gasteiger partial charge in [-0.15, -0.1) is 0 Å². The van der Waals surface area contributed by atoms with Crippen LogP contribution >= 0.6 is 0 Å². The predicted octanol–water partition coefficient (Wildman–Crippen LogP) is 2.79. The fourth-order valence-electron chi connectivity index (χ4n) is 3.25. The van der Waals surface area contributed by atoms with E-state index in [0.717, 1.165) is 29.0 Å². The first kappa shape index (κ1) is 19.0. The lowest BCUT2D eigenvalue weighted by atomic mass is 10.1. The number of esters is 1. The minimum atomic E-state index is -0.702. The van der Waals surface area contributed by atoms with Gasteiger partial charge >= 0.3 is 5.97 Å². The van der Waals surface area contributed by atoms with Crippen molar-refractivity contribution in [3.8, 4) is 0 Å². The van der Waals surface area contributed by atoms with Gasteiger partial charge in [-0.1, -0.05) is 36.4 Å². The van der Waals surface area contributed by atoms with Crippen molar-refractivity contribution in [2.45, 2.75) is 25.8 Å². The molecule has 0 atom stereocenters. The van der Waals surface area contributed by atoms with Gasteiger partial charge in [0.1, 0.15) is 5.58 Å². The molecule has 150 valence electrons. The highest BCUT2D eigenvalue weighted by Gasteiger charge is 2.25. The van der Waals surface area contributed by atoms with Crippen molar-refractivity contribution >= 4 is 39.5 Å². The third-order valence-electron chi connectivity index (χ3n) is 5.09. The van der Waals surface area contributed by atoms with Crippen LogP contribution in [0.4, 0.5) is 0 Å². The van der Waals surface area contributed by atoms with Gasteiger partial charge in [-0.25, -0.2) is 4.79 Å². The van der Waals surface area contributed by atoms with E-state index in [4.69, 9.17) is 9.15 Å². The average molecular weight is 394 g/mol. The van der Waals surface area contributed by atoms with Crippen molar-refractivity contribution in [1.29, 1.82) is 0 Å². The summed E-state index contributed by atoms with van der Waals surface area (Å²) in [6.07, 6.45) is 1.96. The summed E-state index contributed by atoms with van der Waals surface area (Å²) in [7, 11) is 1.50. The van der Waals surface area contributed by atoms with Crippen LogP contribution in [-0.4, -0.2) is 48.9 Å². The van der Waals surface area contributed by atoms with Crippen LogP contribution in [0.5, 0.6) is 0 Å². The molecule has 1 fully saturated rings. The Hall–Kier alpha value is -3.35. The zero-order valence-corrected chi connectivity index (χ0v) is 16.4. The Morgan fingerprint density at radius 3 is 2.66 bits per heavy atom. The van der Waals surface area contributed by atoms with E-state index in [-0.39, 0.29) is 24.3 Å². The number of ether oxygens (including phenoxy) is 1. The van der Waals surface area contributed by atoms with Crippen molar-refractivity contribution < 1.29 is 23.5 Å². The molecule has 1 saturated carbocycles. The minimum absolute atomic E-state index is 0.0669. The third-order valence-corrected chi connectivity index (χ3v) is 5.09. The zero-order chi connectivity index (χ0) is 20.5. The second-order valence-corrected chi connectivity index (χ2v) is 7.39. The van der Waals surface area contributed by atoms with Gasteiger partial charge in [0.2, 0.25) is 11.7 Å². The number of furan rings is 1. The standard InChI is InChI=1S/C22H22N2O5/c1-13-16-10-7-14-5-3-4-6-17(14)21(16)29-20(13)22(27)28-12-19(26)24(2)11-18(25)23-15-8-9-15/h3-7,10,15H,8-9,11-12H2,1-2H3,(H,23,25). The summed E-state index contributed by atoms with van der Waals surface area (Å²) < 4.78 is 11.0. The van der Waals surface area contributed by atoms with Gasteiger partial charge in [0.15, 0.2) is 6.61 Å². The Labute approximate surface area is 167 Å². The van der Waals surface area contributed by atoms with Crippen molar-refractivity contribution in [2.75, 3.05) is 20.2 Å². The van der Waals surface area contributed by atoms with E-state index in [1.54, 1.807) is 6.92 Å². The van der Waals surface area contributed by atoms with Crippen LogP contribution in [0, 0.1) is 6.92 Å². The highest BCUT2D eigenvalue weighted by molar-refractivity contribution is 6.08. The van der Waals surface area contributed by atoms with E-state index in [9.17, 15) is 14.4 Å². The van der Waals surface area contributed by atoms with Gasteiger partial charge in [0, 0.05) is 29.4 Å². The number of hydrogen-bond donors (Lipinski definition) is 1. The quantitative estimate of drug-likeness (QED) is 0.650. The monoisotopic (exact) mass is 394 g/mol. The molecule has 2 amide bonds. The molecule has 2 aromatic carbocycles. The summed E-state index contributed by atoms with van der Waals surface area (Å²) in [4.78, 5) is 37.7. The average Bonchev–Trinajstić information content (AvgIpc) is 3.46. The highest BCUT2D eigenvalue weighted by atomic mass is 16.5. The van der Waals surface area contributed by atoms with Crippen molar-refractivity contribution in [3.63, 3.8) is 0 Å². The SMILES string of the molecule is Cc1c(C(=O)OCC(=O)N(C)CC(=O)NC2CC2)oc2c1ccc1ccccc12. The summed E-state index contributed by atoms with van der Waals surface area (Å²) in [5.74, 6) is -1.29. The molecule has 3 aromatic rings. The van der Waals surface area contributed by atoms with Gasteiger partial charge in [0.05, 0.1) is 6.54 Å². The molecule has 0 spiro atoms. The Kier molecular flexibility index (Phi) is 4.96. The molecule has 1 aliphatic carbocycles. The molecule has 0 radical (unpaired) electrons. The number of fused-ring (bicyclic) bond motifs is 3. The van der Waals surface area contributed by atoms with Crippen LogP contribution < -0.4 is 5.32 Å². The van der Waals surface area contributed by atoms with Gasteiger partial charge in [0.25, 0.3) is 5.91 Å². The lowest BCUT2D eigenvalue weighted by molar-refractivity contribution is -0.137. The number of likely N-dealkylation sites (N-methyl/N-ethyl adjacent to an activating group) is 1. The lowest BCUT2D eigenvalue weighted by Gasteiger charge is -2.16. The van der Waals surface area contributed by atoms with E-state index in [2.05, 4.69) is 5.32 Å². The molecule has 7 heteroatoms. The van der Waals surface area contributed by atoms with Crippen LogP contribution in [0.25, 0.3) is 21.7 Å². The Bertz CT molecular complexity index is 1110. The first-order valence-electron chi connectivity index (χ1n) is 9.55. The van der Waals surface area contributed by atoms with Gasteiger partial charge < -0.3 is 19.4 Å². The van der Waals surface area contributed by atoms with Crippen LogP contribution in [0.3, 0.4) is 0 Å². The molecule has 0 bridgehead atoms. The van der Waals surface area contributed by atoms with E-state index in [1.165, 1.54) is 11.9 Å². The van der Waals surface area contributed by atoms with Crippen molar-refractivity contribution in [1.82, 2.24) is 10.2 Å². The van der Waals surface area contributed by atoms with Crippen LogP contribution in [0.15, 0.2) is 40.8 Å². The van der Waals surface area contributed by atoms with E-state index < -0.39 is 18.5 Å². The van der Waals surface area contributed by atoms with Crippen LogP contribution in [0.2, 0.25) is 0 Å². The molecular formula is C22H22N2O5. The van der Waals surface area contributed by atoms with E-state index >= 15 is 0 Å². The number of nitrogens with zero attached hydrogens (tertiary/aromatic N) is 1. The van der Waals surface area contributed by atoms with Gasteiger partial charge in [-0.3, -0.25) is 9.59 Å². The largest absolute Gasteiger partial charge is 0.450 e. The molecule has 1 aromatic heterocycles. The van der Waals surface area contributed by atoms with Crippen molar-refractivity contribution in [2.24, 2.45) is 0 Å². The molecule has 0 aliphatic heterocycles. The molecule has 0 unspecified atom stereocenters. The maximum atomic E-state index is 12.5. The molecule has 0 saturated heterocycles. The van der Waals surface area contributed by atoms with Crippen LogP contribution in [-0.2, 0) is 14.3 Å². The highest BCUT2D eigenvalue weighted by Crippen LogP contribution is 2.32. The fraction of sp³-hybridized carbons (Fsp3) is 0.318. The second kappa shape index (κ2) is 7.58. The lowest BCUT2D eigenvalue weighted by Crippen LogP contribution is -2.40. The zero-order valence-electron chi connectivity index (χ0n) is 16.4. The molecule has 1 N–H and O–H groups in total. The third kappa shape index (κ3) is 3.94. The molecule has 7 nitrogen and oxygen atoms in total. The number of nitrogens with one attached hydrogen (secondary N) is 1. The molecule has 1 heterocycles. The summed E-state index contributed by atoms with van der Waals surface area (Å²) in [6.45, 7) is 1.26. The normalized spacial score (nSPS) is 13.4. The second-order valence-electron chi connectivity index (χ2n) is 7.39. The predicted molar refractivity (Wildman–Crippen MR) is 108 cm³/mol. The molecule has 4 rings (SSSR count). The topological polar surface area (TPSA) is 88.9 Å². The summed E-state index contributed by atoms with van der Waals surface area (Å²) in [5, 5.41) is 5.56. The maximum Gasteiger partial charge on any atom is 0.375 e. The Morgan fingerprint density at radius 1 is 1.14 bits per heavy atom. The number of aryl methyl sites for hydroxylation is 1. The van der Waals surface area contributed by atoms with Gasteiger partial charge in [-0.05, 0) is 25.2 Å². The minimum Gasteiger partial charge on any atom is -0.450 e. The van der Waals surface area contributed by atoms with Crippen LogP contribution in [0.1, 0.15) is 29.0 Å². The van der Waals surface area contributed by atoms with Crippen molar-refractivity contribution in [3.05, 3.63) is 47.7 Å². The molecule has 29 heavy (non-hydrogen) atoms.